The van der Waals surface area contributed by atoms with Crippen LogP contribution in [0, 0.1) is 0 Å². The zero-order valence-electron chi connectivity index (χ0n) is 10.1. The summed E-state index contributed by atoms with van der Waals surface area (Å²) in [4.78, 5) is 11.1. The molecule has 3 atom stereocenters. The number of epoxide rings is 1. The van der Waals surface area contributed by atoms with Crippen LogP contribution in [-0.2, 0) is 19.0 Å². The normalized spacial score (nSPS) is 35.1. The molecule has 2 fully saturated rings. The van der Waals surface area contributed by atoms with Gasteiger partial charge in [0.15, 0.2) is 5.60 Å². The highest BCUT2D eigenvalue weighted by molar-refractivity contribution is 5.81. The van der Waals surface area contributed by atoms with E-state index < -0.39 is 11.6 Å². The number of fused-ring (bicyclic) bond motifs is 1. The second-order valence-corrected chi connectivity index (χ2v) is 4.45. The van der Waals surface area contributed by atoms with E-state index in [-0.39, 0.29) is 18.8 Å². The van der Waals surface area contributed by atoms with Gasteiger partial charge in [0.25, 0.3) is 0 Å². The van der Waals surface area contributed by atoms with Gasteiger partial charge in [0.05, 0.1) is 12.4 Å². The highest BCUT2D eigenvalue weighted by Crippen LogP contribution is 2.45. The molecule has 2 rings (SSSR count). The Bertz CT molecular complexity index is 336. The maximum atomic E-state index is 11.1. The van der Waals surface area contributed by atoms with Gasteiger partial charge in [0.1, 0.15) is 12.7 Å². The van der Waals surface area contributed by atoms with Gasteiger partial charge >= 0.3 is 5.97 Å². The van der Waals surface area contributed by atoms with Gasteiger partial charge in [0, 0.05) is 6.08 Å². The minimum Gasteiger partial charge on any atom is -0.489 e. The lowest BCUT2D eigenvalue weighted by Crippen LogP contribution is -2.45. The number of carbonyl (C=O) groups is 1. The quantitative estimate of drug-likeness (QED) is 0.318. The van der Waals surface area contributed by atoms with Crippen molar-refractivity contribution in [3.8, 4) is 0 Å². The average molecular weight is 238 g/mol. The lowest BCUT2D eigenvalue weighted by Gasteiger charge is -2.33. The molecule has 17 heavy (non-hydrogen) atoms. The first-order chi connectivity index (χ1) is 8.22. The summed E-state index contributed by atoms with van der Waals surface area (Å²) in [7, 11) is 0. The third-order valence-electron chi connectivity index (χ3n) is 3.25. The topological polar surface area (TPSA) is 48.1 Å². The van der Waals surface area contributed by atoms with Gasteiger partial charge in [-0.15, -0.1) is 0 Å². The molecule has 0 aromatic heterocycles. The molecule has 3 unspecified atom stereocenters. The first kappa shape index (κ1) is 12.2. The Labute approximate surface area is 101 Å². The van der Waals surface area contributed by atoms with Crippen LogP contribution in [0.5, 0.6) is 0 Å². The van der Waals surface area contributed by atoms with Crippen molar-refractivity contribution in [2.75, 3.05) is 6.61 Å². The molecule has 2 aliphatic rings. The van der Waals surface area contributed by atoms with Gasteiger partial charge in [-0.25, -0.2) is 4.79 Å². The van der Waals surface area contributed by atoms with Gasteiger partial charge in [-0.3, -0.25) is 0 Å². The summed E-state index contributed by atoms with van der Waals surface area (Å²) in [6, 6.07) is 0. The first-order valence-electron chi connectivity index (χ1n) is 5.95. The molecule has 1 saturated heterocycles. The highest BCUT2D eigenvalue weighted by atomic mass is 16.6. The molecule has 4 heteroatoms. The number of hydrogen-bond acceptors (Lipinski definition) is 4. The van der Waals surface area contributed by atoms with Crippen LogP contribution < -0.4 is 0 Å². The minimum atomic E-state index is -0.506. The maximum absolute atomic E-state index is 11.1. The van der Waals surface area contributed by atoms with Crippen LogP contribution in [0.4, 0.5) is 0 Å². The van der Waals surface area contributed by atoms with Crippen molar-refractivity contribution in [1.29, 1.82) is 0 Å². The molecule has 0 amide bonds. The maximum Gasteiger partial charge on any atom is 0.330 e. The van der Waals surface area contributed by atoms with E-state index in [0.717, 1.165) is 25.3 Å². The SMILES string of the molecule is C=CC(=O)OCC1(OC=CC)CCCC2OC21. The summed E-state index contributed by atoms with van der Waals surface area (Å²) in [6.07, 6.45) is 7.92. The van der Waals surface area contributed by atoms with Crippen LogP contribution in [0.3, 0.4) is 0 Å². The first-order valence-corrected chi connectivity index (χ1v) is 5.95. The van der Waals surface area contributed by atoms with Gasteiger partial charge < -0.3 is 14.2 Å². The van der Waals surface area contributed by atoms with Crippen molar-refractivity contribution in [2.24, 2.45) is 0 Å². The second kappa shape index (κ2) is 4.92. The molecule has 0 aromatic carbocycles. The van der Waals surface area contributed by atoms with Crippen molar-refractivity contribution in [3.05, 3.63) is 25.0 Å². The lowest BCUT2D eigenvalue weighted by molar-refractivity contribution is -0.148. The van der Waals surface area contributed by atoms with Gasteiger partial charge in [0.2, 0.25) is 0 Å². The molecule has 1 heterocycles. The molecule has 4 nitrogen and oxygen atoms in total. The van der Waals surface area contributed by atoms with Crippen LogP contribution in [0.25, 0.3) is 0 Å². The molecular weight excluding hydrogens is 220 g/mol. The summed E-state index contributed by atoms with van der Waals surface area (Å²) in [5.41, 5.74) is -0.506. The van der Waals surface area contributed by atoms with Crippen molar-refractivity contribution in [2.45, 2.75) is 44.0 Å². The van der Waals surface area contributed by atoms with Crippen molar-refractivity contribution >= 4 is 5.97 Å². The Morgan fingerprint density at radius 2 is 2.47 bits per heavy atom. The Hall–Kier alpha value is -1.29. The number of allylic oxidation sites excluding steroid dienone is 1. The largest absolute Gasteiger partial charge is 0.489 e. The Balaban J connectivity index is 2.01. The van der Waals surface area contributed by atoms with E-state index in [4.69, 9.17) is 14.2 Å². The molecule has 0 aromatic rings. The Kier molecular flexibility index (Phi) is 3.52. The predicted molar refractivity (Wildman–Crippen MR) is 62.3 cm³/mol. The van der Waals surface area contributed by atoms with Crippen molar-refractivity contribution in [3.63, 3.8) is 0 Å². The number of carbonyl (C=O) groups excluding carboxylic acids is 1. The van der Waals surface area contributed by atoms with E-state index in [9.17, 15) is 4.79 Å². The summed E-state index contributed by atoms with van der Waals surface area (Å²) in [6.45, 7) is 5.49. The van der Waals surface area contributed by atoms with Gasteiger partial charge in [-0.1, -0.05) is 12.7 Å². The third kappa shape index (κ3) is 2.52. The van der Waals surface area contributed by atoms with Crippen LogP contribution in [0.15, 0.2) is 25.0 Å². The summed E-state index contributed by atoms with van der Waals surface area (Å²) >= 11 is 0. The molecular formula is C13H18O4. The standard InChI is InChI=1S/C13H18O4/c1-3-8-16-13(9-15-11(14)4-2)7-5-6-10-12(13)17-10/h3-4,8,10,12H,2,5-7,9H2,1H3. The van der Waals surface area contributed by atoms with Crippen LogP contribution >= 0.6 is 0 Å². The van der Waals surface area contributed by atoms with E-state index in [1.54, 1.807) is 6.26 Å². The molecule has 94 valence electrons. The van der Waals surface area contributed by atoms with E-state index in [1.165, 1.54) is 0 Å². The zero-order valence-corrected chi connectivity index (χ0v) is 10.1. The van der Waals surface area contributed by atoms with Gasteiger partial charge in [-0.05, 0) is 26.2 Å². The van der Waals surface area contributed by atoms with E-state index in [1.807, 2.05) is 13.0 Å². The highest BCUT2D eigenvalue weighted by Gasteiger charge is 2.59. The summed E-state index contributed by atoms with van der Waals surface area (Å²) in [5, 5.41) is 0. The number of rotatable bonds is 5. The molecule has 1 aliphatic heterocycles. The zero-order chi connectivity index (χ0) is 12.3. The smallest absolute Gasteiger partial charge is 0.330 e. The molecule has 0 N–H and O–H groups in total. The van der Waals surface area contributed by atoms with E-state index >= 15 is 0 Å². The Morgan fingerprint density at radius 1 is 1.65 bits per heavy atom. The summed E-state index contributed by atoms with van der Waals surface area (Å²) < 4.78 is 16.5. The van der Waals surface area contributed by atoms with E-state index in [0.29, 0.717) is 0 Å². The number of esters is 1. The minimum absolute atomic E-state index is 0.0602. The summed E-state index contributed by atoms with van der Waals surface area (Å²) in [5.74, 6) is -0.420. The second-order valence-electron chi connectivity index (χ2n) is 4.45. The van der Waals surface area contributed by atoms with E-state index in [2.05, 4.69) is 6.58 Å². The van der Waals surface area contributed by atoms with Crippen LogP contribution in [-0.4, -0.2) is 30.4 Å². The molecule has 0 spiro atoms. The monoisotopic (exact) mass is 238 g/mol. The van der Waals surface area contributed by atoms with Crippen LogP contribution in [0.2, 0.25) is 0 Å². The number of hydrogen-bond donors (Lipinski definition) is 0. The van der Waals surface area contributed by atoms with Crippen LogP contribution in [0.1, 0.15) is 26.2 Å². The Morgan fingerprint density at radius 3 is 3.18 bits per heavy atom. The fourth-order valence-electron chi connectivity index (χ4n) is 2.34. The lowest BCUT2D eigenvalue weighted by atomic mass is 9.85. The number of ether oxygens (including phenoxy) is 3. The fourth-order valence-corrected chi connectivity index (χ4v) is 2.34. The molecule has 0 bridgehead atoms. The molecule has 1 aliphatic carbocycles. The van der Waals surface area contributed by atoms with Crippen molar-refractivity contribution < 1.29 is 19.0 Å². The van der Waals surface area contributed by atoms with Crippen molar-refractivity contribution in [1.82, 2.24) is 0 Å². The van der Waals surface area contributed by atoms with Gasteiger partial charge in [-0.2, -0.15) is 0 Å². The average Bonchev–Trinajstić information content (AvgIpc) is 3.14. The third-order valence-corrected chi connectivity index (χ3v) is 3.25. The molecule has 0 radical (unpaired) electrons. The fraction of sp³-hybridized carbons (Fsp3) is 0.615. The molecule has 1 saturated carbocycles. The predicted octanol–water partition coefficient (Wildman–Crippen LogP) is 1.96.